The van der Waals surface area contributed by atoms with Gasteiger partial charge in [-0.15, -0.1) is 0 Å². The van der Waals surface area contributed by atoms with Crippen LogP contribution in [0.25, 0.3) is 22.5 Å². The Labute approximate surface area is 392 Å². The Kier molecular flexibility index (Phi) is 24.6. The summed E-state index contributed by atoms with van der Waals surface area (Å²) in [7, 11) is 0. The van der Waals surface area contributed by atoms with Gasteiger partial charge in [-0.05, 0) is 61.1 Å². The van der Waals surface area contributed by atoms with E-state index in [4.69, 9.17) is 37.9 Å². The van der Waals surface area contributed by atoms with Crippen molar-refractivity contribution in [3.05, 3.63) is 122 Å². The lowest BCUT2D eigenvalue weighted by Gasteiger charge is -2.31. The largest absolute Gasteiger partial charge is 0.492 e. The zero-order valence-corrected chi connectivity index (χ0v) is 38.8. The molecule has 356 valence electrons. The van der Waals surface area contributed by atoms with E-state index < -0.39 is 12.6 Å². The van der Waals surface area contributed by atoms with Crippen molar-refractivity contribution in [2.24, 2.45) is 0 Å². The standard InChI is InChI=1S/C54H70N2O10/c1-3-51(57)61-35-19-15-11-7-5-9-13-17-33-59-47-29-31-49(55-39-47)45-25-21-43(22-26-45)41-65-53-54(64-38-37-63-53)66-42-44-23-27-46(28-24-44)50-32-30-48(40-56-50)60-34-18-14-10-6-8-12-16-20-36-62-52(58)4-2/h3-4,21-32,39-40,53-54H,1-2,5-20,33-38,41-42H2/t53-,54-/m0/s1. The van der Waals surface area contributed by atoms with Crippen LogP contribution in [-0.4, -0.2) is 74.1 Å². The number of carbonyl (C=O) groups is 2. The second-order valence-corrected chi connectivity index (χ2v) is 16.3. The van der Waals surface area contributed by atoms with Gasteiger partial charge in [0.15, 0.2) is 0 Å². The quantitative estimate of drug-likeness (QED) is 0.0251. The van der Waals surface area contributed by atoms with E-state index in [1.165, 1.54) is 50.7 Å². The molecule has 0 bridgehead atoms. The van der Waals surface area contributed by atoms with E-state index in [1.807, 2.05) is 72.8 Å². The summed E-state index contributed by atoms with van der Waals surface area (Å²) in [6, 6.07) is 24.2. The molecule has 12 nitrogen and oxygen atoms in total. The molecule has 0 unspecified atom stereocenters. The van der Waals surface area contributed by atoms with Crippen LogP contribution in [0.2, 0.25) is 0 Å². The maximum Gasteiger partial charge on any atom is 0.330 e. The molecule has 1 aliphatic heterocycles. The molecule has 0 saturated carbocycles. The third-order valence-corrected chi connectivity index (χ3v) is 11.1. The maximum atomic E-state index is 11.1. The predicted octanol–water partition coefficient (Wildman–Crippen LogP) is 11.7. The number of aromatic nitrogens is 2. The van der Waals surface area contributed by atoms with E-state index in [9.17, 15) is 9.59 Å². The van der Waals surface area contributed by atoms with Crippen molar-refractivity contribution in [3.63, 3.8) is 0 Å². The van der Waals surface area contributed by atoms with Crippen LogP contribution in [0.4, 0.5) is 0 Å². The number of rotatable bonds is 34. The molecule has 1 saturated heterocycles. The summed E-state index contributed by atoms with van der Waals surface area (Å²) < 4.78 is 46.0. The molecule has 0 radical (unpaired) electrons. The highest BCUT2D eigenvalue weighted by Gasteiger charge is 2.29. The number of carbonyl (C=O) groups excluding carboxylic acids is 2. The van der Waals surface area contributed by atoms with E-state index in [-0.39, 0.29) is 11.9 Å². The summed E-state index contributed by atoms with van der Waals surface area (Å²) in [4.78, 5) is 31.4. The molecule has 0 N–H and O–H groups in total. The van der Waals surface area contributed by atoms with Crippen LogP contribution in [-0.2, 0) is 51.2 Å². The topological polar surface area (TPSA) is 134 Å². The second kappa shape index (κ2) is 31.5. The molecule has 0 spiro atoms. The van der Waals surface area contributed by atoms with Crippen molar-refractivity contribution >= 4 is 11.9 Å². The highest BCUT2D eigenvalue weighted by molar-refractivity contribution is 5.81. The summed E-state index contributed by atoms with van der Waals surface area (Å²) in [5.41, 5.74) is 5.77. The number of esters is 2. The summed E-state index contributed by atoms with van der Waals surface area (Å²) in [5, 5.41) is 0. The molecule has 1 aliphatic rings. The van der Waals surface area contributed by atoms with Gasteiger partial charge in [-0.3, -0.25) is 9.97 Å². The first kappa shape index (κ1) is 51.6. The molecule has 4 aromatic rings. The summed E-state index contributed by atoms with van der Waals surface area (Å²) in [6.07, 6.45) is 22.5. The van der Waals surface area contributed by atoms with Crippen molar-refractivity contribution in [1.82, 2.24) is 9.97 Å². The minimum atomic E-state index is -0.653. The first-order chi connectivity index (χ1) is 32.5. The third kappa shape index (κ3) is 20.4. The van der Waals surface area contributed by atoms with Gasteiger partial charge in [0.2, 0.25) is 12.6 Å². The summed E-state index contributed by atoms with van der Waals surface area (Å²) in [6.45, 7) is 10.7. The van der Waals surface area contributed by atoms with E-state index in [0.717, 1.165) is 109 Å². The fourth-order valence-electron chi connectivity index (χ4n) is 7.29. The van der Waals surface area contributed by atoms with Crippen LogP contribution >= 0.6 is 0 Å². The number of pyridine rings is 2. The Balaban J connectivity index is 0.914. The smallest absolute Gasteiger partial charge is 0.330 e. The number of ether oxygens (including phenoxy) is 8. The average Bonchev–Trinajstić information content (AvgIpc) is 3.36. The van der Waals surface area contributed by atoms with Crippen molar-refractivity contribution in [2.75, 3.05) is 39.6 Å². The Morgan fingerprint density at radius 1 is 0.485 bits per heavy atom. The number of unbranched alkanes of at least 4 members (excludes halogenated alkanes) is 14. The van der Waals surface area contributed by atoms with Crippen molar-refractivity contribution in [1.29, 1.82) is 0 Å². The van der Waals surface area contributed by atoms with Crippen LogP contribution in [0.5, 0.6) is 11.5 Å². The molecular formula is C54H70N2O10. The Morgan fingerprint density at radius 2 is 0.833 bits per heavy atom. The molecule has 0 amide bonds. The number of nitrogens with zero attached hydrogens (tertiary/aromatic N) is 2. The molecule has 12 heteroatoms. The number of benzene rings is 2. The van der Waals surface area contributed by atoms with E-state index in [2.05, 4.69) is 23.1 Å². The minimum Gasteiger partial charge on any atom is -0.492 e. The highest BCUT2D eigenvalue weighted by Crippen LogP contribution is 2.24. The van der Waals surface area contributed by atoms with Crippen LogP contribution in [0.3, 0.4) is 0 Å². The molecular weight excluding hydrogens is 837 g/mol. The fourth-order valence-corrected chi connectivity index (χ4v) is 7.29. The molecule has 1 fully saturated rings. The van der Waals surface area contributed by atoms with Gasteiger partial charge in [0.25, 0.3) is 0 Å². The first-order valence-corrected chi connectivity index (χ1v) is 23.9. The Hall–Kier alpha value is -5.40. The van der Waals surface area contributed by atoms with Crippen LogP contribution in [0.1, 0.15) is 114 Å². The van der Waals surface area contributed by atoms with Crippen molar-refractivity contribution in [2.45, 2.75) is 129 Å². The van der Waals surface area contributed by atoms with Gasteiger partial charge in [-0.1, -0.05) is 139 Å². The van der Waals surface area contributed by atoms with E-state index in [1.54, 1.807) is 12.4 Å². The van der Waals surface area contributed by atoms with Crippen LogP contribution in [0, 0.1) is 0 Å². The molecule has 2 aromatic carbocycles. The Bertz CT molecular complexity index is 1810. The van der Waals surface area contributed by atoms with Gasteiger partial charge in [-0.25, -0.2) is 9.59 Å². The van der Waals surface area contributed by atoms with Crippen LogP contribution in [0.15, 0.2) is 111 Å². The molecule has 3 heterocycles. The second-order valence-electron chi connectivity index (χ2n) is 16.3. The first-order valence-electron chi connectivity index (χ1n) is 23.9. The van der Waals surface area contributed by atoms with E-state index >= 15 is 0 Å². The monoisotopic (exact) mass is 907 g/mol. The van der Waals surface area contributed by atoms with Gasteiger partial charge in [-0.2, -0.15) is 0 Å². The normalized spacial score (nSPS) is 14.6. The van der Waals surface area contributed by atoms with Crippen LogP contribution < -0.4 is 9.47 Å². The summed E-state index contributed by atoms with van der Waals surface area (Å²) in [5.74, 6) is 0.857. The minimum absolute atomic E-state index is 0.343. The average molecular weight is 907 g/mol. The molecule has 5 rings (SSSR count). The molecule has 2 aromatic heterocycles. The SMILES string of the molecule is C=CC(=O)OCCCCCCCCCCOc1ccc(-c2ccc(CO[C@@H]3OCCO[C@H]3OCc3ccc(-c4ccc(OCCCCCCCCCCOC(=O)C=C)cn4)cc3)cc2)nc1. The number of hydrogen-bond acceptors (Lipinski definition) is 12. The molecule has 66 heavy (non-hydrogen) atoms. The maximum absolute atomic E-state index is 11.1. The van der Waals surface area contributed by atoms with Gasteiger partial charge in [0.1, 0.15) is 11.5 Å². The fraction of sp³-hybridized carbons (Fsp3) is 0.481. The van der Waals surface area contributed by atoms with Gasteiger partial charge in [0, 0.05) is 23.3 Å². The van der Waals surface area contributed by atoms with Gasteiger partial charge < -0.3 is 37.9 Å². The lowest BCUT2D eigenvalue weighted by atomic mass is 10.1. The van der Waals surface area contributed by atoms with Gasteiger partial charge >= 0.3 is 11.9 Å². The van der Waals surface area contributed by atoms with E-state index in [0.29, 0.717) is 52.9 Å². The zero-order chi connectivity index (χ0) is 46.3. The number of hydrogen-bond donors (Lipinski definition) is 0. The van der Waals surface area contributed by atoms with Gasteiger partial charge in [0.05, 0.1) is 76.6 Å². The summed E-state index contributed by atoms with van der Waals surface area (Å²) >= 11 is 0. The van der Waals surface area contributed by atoms with Crippen molar-refractivity contribution < 1.29 is 47.5 Å². The third-order valence-electron chi connectivity index (χ3n) is 11.1. The lowest BCUT2D eigenvalue weighted by molar-refractivity contribution is -0.326. The highest BCUT2D eigenvalue weighted by atomic mass is 16.8. The van der Waals surface area contributed by atoms with Crippen molar-refractivity contribution in [3.8, 4) is 34.0 Å². The lowest BCUT2D eigenvalue weighted by Crippen LogP contribution is -2.41. The molecule has 0 aliphatic carbocycles. The Morgan fingerprint density at radius 3 is 1.17 bits per heavy atom. The zero-order valence-electron chi connectivity index (χ0n) is 38.8. The predicted molar refractivity (Wildman–Crippen MR) is 256 cm³/mol. The molecule has 2 atom stereocenters.